The lowest BCUT2D eigenvalue weighted by Crippen LogP contribution is -2.27. The summed E-state index contributed by atoms with van der Waals surface area (Å²) in [5, 5.41) is 0.312. The summed E-state index contributed by atoms with van der Waals surface area (Å²) in [5.41, 5.74) is 0.266. The SMILES string of the molecule is O=Cc1c(Cl)ccnc1N1CC(CS)CC1=O. The zero-order valence-electron chi connectivity index (χ0n) is 8.97. The number of thiol groups is 1. The second-order valence-electron chi connectivity index (χ2n) is 3.90. The van der Waals surface area contributed by atoms with E-state index in [1.807, 2.05) is 0 Å². The zero-order chi connectivity index (χ0) is 12.4. The Morgan fingerprint density at radius 3 is 3.00 bits per heavy atom. The van der Waals surface area contributed by atoms with Gasteiger partial charge in [-0.25, -0.2) is 4.98 Å². The van der Waals surface area contributed by atoms with Crippen LogP contribution in [0, 0.1) is 5.92 Å². The number of carbonyl (C=O) groups is 2. The number of amides is 1. The summed E-state index contributed by atoms with van der Waals surface area (Å²) < 4.78 is 0. The Bertz CT molecular complexity index is 467. The van der Waals surface area contributed by atoms with Crippen LogP contribution in [0.2, 0.25) is 5.02 Å². The molecule has 6 heteroatoms. The van der Waals surface area contributed by atoms with Crippen molar-refractivity contribution in [3.05, 3.63) is 22.8 Å². The molecule has 1 aromatic heterocycles. The molecule has 0 radical (unpaired) electrons. The Morgan fingerprint density at radius 1 is 1.65 bits per heavy atom. The van der Waals surface area contributed by atoms with Gasteiger partial charge in [-0.3, -0.25) is 14.5 Å². The van der Waals surface area contributed by atoms with Crippen LogP contribution in [0.4, 0.5) is 5.82 Å². The minimum absolute atomic E-state index is 0.0399. The number of pyridine rings is 1. The third-order valence-corrected chi connectivity index (χ3v) is 3.60. The first kappa shape index (κ1) is 12.4. The quantitative estimate of drug-likeness (QED) is 0.673. The number of halogens is 1. The molecule has 1 atom stereocenters. The van der Waals surface area contributed by atoms with Crippen molar-refractivity contribution >= 4 is 42.2 Å². The smallest absolute Gasteiger partial charge is 0.228 e. The van der Waals surface area contributed by atoms with Gasteiger partial charge >= 0.3 is 0 Å². The molecule has 0 N–H and O–H groups in total. The predicted molar refractivity (Wildman–Crippen MR) is 68.9 cm³/mol. The maximum atomic E-state index is 11.8. The van der Waals surface area contributed by atoms with Gasteiger partial charge in [0.05, 0.1) is 10.6 Å². The van der Waals surface area contributed by atoms with Gasteiger partial charge in [-0.05, 0) is 17.7 Å². The van der Waals surface area contributed by atoms with Gasteiger partial charge in [0.1, 0.15) is 5.82 Å². The summed E-state index contributed by atoms with van der Waals surface area (Å²) in [6, 6.07) is 1.53. The average molecular weight is 271 g/mol. The van der Waals surface area contributed by atoms with Crippen LogP contribution < -0.4 is 4.90 Å². The van der Waals surface area contributed by atoms with E-state index < -0.39 is 0 Å². The van der Waals surface area contributed by atoms with E-state index in [0.29, 0.717) is 35.8 Å². The fourth-order valence-corrected chi connectivity index (χ4v) is 2.30. The minimum atomic E-state index is -0.0399. The Hall–Kier alpha value is -1.07. The third kappa shape index (κ3) is 2.30. The molecular weight excluding hydrogens is 260 g/mol. The molecule has 0 saturated carbocycles. The maximum Gasteiger partial charge on any atom is 0.228 e. The normalized spacial score (nSPS) is 19.8. The van der Waals surface area contributed by atoms with Gasteiger partial charge in [0.2, 0.25) is 5.91 Å². The highest BCUT2D eigenvalue weighted by Gasteiger charge is 2.32. The van der Waals surface area contributed by atoms with E-state index in [2.05, 4.69) is 17.6 Å². The van der Waals surface area contributed by atoms with Crippen molar-refractivity contribution < 1.29 is 9.59 Å². The first-order valence-corrected chi connectivity index (χ1v) is 6.19. The van der Waals surface area contributed by atoms with Gasteiger partial charge in [0.25, 0.3) is 0 Å². The molecule has 1 unspecified atom stereocenters. The van der Waals surface area contributed by atoms with Crippen LogP contribution in [0.25, 0.3) is 0 Å². The first-order valence-electron chi connectivity index (χ1n) is 5.18. The van der Waals surface area contributed by atoms with Crippen LogP contribution in [0.5, 0.6) is 0 Å². The molecule has 0 aliphatic carbocycles. The van der Waals surface area contributed by atoms with Crippen LogP contribution >= 0.6 is 24.2 Å². The molecule has 1 amide bonds. The molecule has 2 heterocycles. The Balaban J connectivity index is 2.38. The number of aldehydes is 1. The van der Waals surface area contributed by atoms with Crippen LogP contribution in [0.1, 0.15) is 16.8 Å². The highest BCUT2D eigenvalue weighted by atomic mass is 35.5. The van der Waals surface area contributed by atoms with Crippen molar-refractivity contribution in [3.8, 4) is 0 Å². The molecule has 0 spiro atoms. The van der Waals surface area contributed by atoms with Crippen LogP contribution in [0.15, 0.2) is 12.3 Å². The first-order chi connectivity index (χ1) is 8.17. The molecule has 1 saturated heterocycles. The third-order valence-electron chi connectivity index (χ3n) is 2.75. The summed E-state index contributed by atoms with van der Waals surface area (Å²) in [6.07, 6.45) is 2.56. The largest absolute Gasteiger partial charge is 0.298 e. The number of anilines is 1. The van der Waals surface area contributed by atoms with Gasteiger partial charge in [0, 0.05) is 19.2 Å². The lowest BCUT2D eigenvalue weighted by molar-refractivity contribution is -0.117. The molecule has 0 aromatic carbocycles. The van der Waals surface area contributed by atoms with Crippen molar-refractivity contribution in [1.82, 2.24) is 4.98 Å². The summed E-state index contributed by atoms with van der Waals surface area (Å²) in [5.74, 6) is 1.15. The van der Waals surface area contributed by atoms with Gasteiger partial charge < -0.3 is 0 Å². The Labute approximate surface area is 109 Å². The summed E-state index contributed by atoms with van der Waals surface area (Å²) in [4.78, 5) is 28.4. The van der Waals surface area contributed by atoms with E-state index in [1.54, 1.807) is 0 Å². The molecule has 1 aliphatic heterocycles. The minimum Gasteiger partial charge on any atom is -0.298 e. The zero-order valence-corrected chi connectivity index (χ0v) is 10.6. The molecule has 4 nitrogen and oxygen atoms in total. The van der Waals surface area contributed by atoms with E-state index in [9.17, 15) is 9.59 Å². The van der Waals surface area contributed by atoms with E-state index in [-0.39, 0.29) is 17.4 Å². The lowest BCUT2D eigenvalue weighted by atomic mass is 10.1. The fourth-order valence-electron chi connectivity index (χ4n) is 1.87. The van der Waals surface area contributed by atoms with E-state index in [4.69, 9.17) is 11.6 Å². The summed E-state index contributed by atoms with van der Waals surface area (Å²) in [6.45, 7) is 0.538. The number of hydrogen-bond donors (Lipinski definition) is 1. The molecule has 0 bridgehead atoms. The molecular formula is C11H11ClN2O2S. The van der Waals surface area contributed by atoms with Crippen molar-refractivity contribution in [2.24, 2.45) is 5.92 Å². The van der Waals surface area contributed by atoms with E-state index >= 15 is 0 Å². The number of hydrogen-bond acceptors (Lipinski definition) is 4. The van der Waals surface area contributed by atoms with Crippen LogP contribution in [0.3, 0.4) is 0 Å². The van der Waals surface area contributed by atoms with Crippen molar-refractivity contribution in [1.29, 1.82) is 0 Å². The second-order valence-corrected chi connectivity index (χ2v) is 4.68. The number of nitrogens with zero attached hydrogens (tertiary/aromatic N) is 2. The molecule has 1 aromatic rings. The Morgan fingerprint density at radius 2 is 2.41 bits per heavy atom. The molecule has 1 fully saturated rings. The predicted octanol–water partition coefficient (Wildman–Crippen LogP) is 1.83. The maximum absolute atomic E-state index is 11.8. The Kier molecular flexibility index (Phi) is 3.69. The van der Waals surface area contributed by atoms with Gasteiger partial charge in [-0.1, -0.05) is 11.6 Å². The van der Waals surface area contributed by atoms with Crippen molar-refractivity contribution in [3.63, 3.8) is 0 Å². The highest BCUT2D eigenvalue weighted by Crippen LogP contribution is 2.29. The number of aromatic nitrogens is 1. The van der Waals surface area contributed by atoms with E-state index in [0.717, 1.165) is 0 Å². The lowest BCUT2D eigenvalue weighted by Gasteiger charge is -2.17. The molecule has 90 valence electrons. The number of rotatable bonds is 3. The summed E-state index contributed by atoms with van der Waals surface area (Å²) in [7, 11) is 0. The van der Waals surface area contributed by atoms with Crippen LogP contribution in [-0.2, 0) is 4.79 Å². The molecule has 17 heavy (non-hydrogen) atoms. The molecule has 1 aliphatic rings. The summed E-state index contributed by atoms with van der Waals surface area (Å²) >= 11 is 10.1. The topological polar surface area (TPSA) is 50.3 Å². The highest BCUT2D eigenvalue weighted by molar-refractivity contribution is 7.80. The van der Waals surface area contributed by atoms with Crippen molar-refractivity contribution in [2.45, 2.75) is 6.42 Å². The average Bonchev–Trinajstić information content (AvgIpc) is 2.70. The number of carbonyl (C=O) groups excluding carboxylic acids is 2. The van der Waals surface area contributed by atoms with Gasteiger partial charge in [-0.15, -0.1) is 0 Å². The van der Waals surface area contributed by atoms with Crippen LogP contribution in [-0.4, -0.2) is 29.5 Å². The standard InChI is InChI=1S/C11H11ClN2O2S/c12-9-1-2-13-11(8(9)5-15)14-4-7(6-17)3-10(14)16/h1-2,5,7,17H,3-4,6H2. The monoisotopic (exact) mass is 270 g/mol. The fraction of sp³-hybridized carbons (Fsp3) is 0.364. The van der Waals surface area contributed by atoms with Gasteiger partial charge in [-0.2, -0.15) is 12.6 Å². The van der Waals surface area contributed by atoms with E-state index in [1.165, 1.54) is 17.2 Å². The second kappa shape index (κ2) is 5.06. The van der Waals surface area contributed by atoms with Gasteiger partial charge in [0.15, 0.2) is 6.29 Å². The molecule has 2 rings (SSSR count). The van der Waals surface area contributed by atoms with Crippen molar-refractivity contribution in [2.75, 3.05) is 17.2 Å².